The number of piperidine rings is 1. The van der Waals surface area contributed by atoms with Gasteiger partial charge in [0.05, 0.1) is 5.01 Å². The third-order valence-electron chi connectivity index (χ3n) is 4.09. The first-order chi connectivity index (χ1) is 10.7. The van der Waals surface area contributed by atoms with Crippen molar-refractivity contribution in [3.63, 3.8) is 0 Å². The van der Waals surface area contributed by atoms with Crippen LogP contribution in [0.5, 0.6) is 0 Å². The van der Waals surface area contributed by atoms with Crippen LogP contribution >= 0.6 is 11.3 Å². The van der Waals surface area contributed by atoms with Gasteiger partial charge < -0.3 is 5.32 Å². The summed E-state index contributed by atoms with van der Waals surface area (Å²) in [4.78, 5) is 7.91. The molecule has 1 aromatic heterocycles. The maximum atomic E-state index is 13.8. The van der Waals surface area contributed by atoms with Crippen LogP contribution in [0.15, 0.2) is 30.5 Å². The molecule has 0 saturated carbocycles. The third kappa shape index (κ3) is 4.12. The zero-order valence-corrected chi connectivity index (χ0v) is 13.7. The second kappa shape index (κ2) is 7.31. The van der Waals surface area contributed by atoms with Gasteiger partial charge in [-0.3, -0.25) is 4.90 Å². The van der Waals surface area contributed by atoms with Crippen LogP contribution in [0, 0.1) is 12.7 Å². The Bertz CT molecular complexity index is 613. The molecule has 1 fully saturated rings. The van der Waals surface area contributed by atoms with E-state index in [4.69, 9.17) is 0 Å². The van der Waals surface area contributed by atoms with Gasteiger partial charge >= 0.3 is 0 Å². The normalized spacial score (nSPS) is 19.5. The average molecular weight is 319 g/mol. The summed E-state index contributed by atoms with van der Waals surface area (Å²) < 4.78 is 13.8. The predicted molar refractivity (Wildman–Crippen MR) is 88.4 cm³/mol. The van der Waals surface area contributed by atoms with E-state index in [1.54, 1.807) is 23.5 Å². The molecule has 0 aliphatic carbocycles. The van der Waals surface area contributed by atoms with Gasteiger partial charge in [-0.2, -0.15) is 0 Å². The van der Waals surface area contributed by atoms with Gasteiger partial charge in [-0.05, 0) is 32.4 Å². The fourth-order valence-electron chi connectivity index (χ4n) is 2.97. The lowest BCUT2D eigenvalue weighted by molar-refractivity contribution is 0.181. The number of likely N-dealkylation sites (tertiary alicyclic amines) is 1. The number of thiazole rings is 1. The molecular weight excluding hydrogens is 297 g/mol. The van der Waals surface area contributed by atoms with Crippen LogP contribution in [-0.4, -0.2) is 29.0 Å². The van der Waals surface area contributed by atoms with Gasteiger partial charge in [0.15, 0.2) is 0 Å². The number of rotatable bonds is 5. The minimum Gasteiger partial charge on any atom is -0.308 e. The third-order valence-corrected chi connectivity index (χ3v) is 5.00. The molecule has 0 amide bonds. The summed E-state index contributed by atoms with van der Waals surface area (Å²) in [6, 6.07) is 7.55. The molecule has 0 bridgehead atoms. The summed E-state index contributed by atoms with van der Waals surface area (Å²) in [5.41, 5.74) is 0.793. The Morgan fingerprint density at radius 1 is 1.41 bits per heavy atom. The highest BCUT2D eigenvalue weighted by Gasteiger charge is 2.20. The van der Waals surface area contributed by atoms with Crippen LogP contribution in [0.1, 0.15) is 28.3 Å². The Balaban J connectivity index is 1.52. The van der Waals surface area contributed by atoms with Crippen molar-refractivity contribution in [3.05, 3.63) is 51.7 Å². The largest absolute Gasteiger partial charge is 0.308 e. The average Bonchev–Trinajstić information content (AvgIpc) is 2.94. The fourth-order valence-corrected chi connectivity index (χ4v) is 3.71. The van der Waals surface area contributed by atoms with Crippen LogP contribution in [0.3, 0.4) is 0 Å². The molecule has 0 spiro atoms. The number of benzene rings is 1. The van der Waals surface area contributed by atoms with Crippen molar-refractivity contribution in [1.82, 2.24) is 15.2 Å². The van der Waals surface area contributed by atoms with Crippen LogP contribution in [-0.2, 0) is 13.1 Å². The van der Waals surface area contributed by atoms with E-state index >= 15 is 0 Å². The summed E-state index contributed by atoms with van der Waals surface area (Å²) in [6.07, 6.45) is 4.30. The summed E-state index contributed by atoms with van der Waals surface area (Å²) in [5, 5.41) is 4.73. The summed E-state index contributed by atoms with van der Waals surface area (Å²) in [6.45, 7) is 5.64. The van der Waals surface area contributed by atoms with Crippen LogP contribution in [0.25, 0.3) is 0 Å². The standard InChI is InChI=1S/C17H22FN3S/c1-13-19-9-16(22-13)10-20-15-6-4-8-21(12-15)11-14-5-2-3-7-17(14)18/h2-3,5,7,9,15,20H,4,6,8,10-12H2,1H3. The molecule has 3 nitrogen and oxygen atoms in total. The second-order valence-electron chi connectivity index (χ2n) is 5.89. The number of aryl methyl sites for hydroxylation is 1. The van der Waals surface area contributed by atoms with Crippen molar-refractivity contribution < 1.29 is 4.39 Å². The first-order valence-corrected chi connectivity index (χ1v) is 8.63. The molecule has 1 aliphatic rings. The van der Waals surface area contributed by atoms with Crippen molar-refractivity contribution in [2.45, 2.75) is 38.9 Å². The Morgan fingerprint density at radius 2 is 2.27 bits per heavy atom. The number of halogens is 1. The van der Waals surface area contributed by atoms with E-state index in [0.717, 1.165) is 36.6 Å². The Labute approximate surface area is 135 Å². The van der Waals surface area contributed by atoms with Crippen LogP contribution in [0.2, 0.25) is 0 Å². The van der Waals surface area contributed by atoms with Crippen LogP contribution < -0.4 is 5.32 Å². The maximum Gasteiger partial charge on any atom is 0.127 e. The zero-order valence-electron chi connectivity index (χ0n) is 12.9. The smallest absolute Gasteiger partial charge is 0.127 e. The van der Waals surface area contributed by atoms with Crippen molar-refractivity contribution in [2.24, 2.45) is 0 Å². The predicted octanol–water partition coefficient (Wildman–Crippen LogP) is 3.34. The molecule has 1 saturated heterocycles. The number of hydrogen-bond donors (Lipinski definition) is 1. The summed E-state index contributed by atoms with van der Waals surface area (Å²) in [5.74, 6) is -0.0993. The molecule has 22 heavy (non-hydrogen) atoms. The monoisotopic (exact) mass is 319 g/mol. The molecule has 2 heterocycles. The Morgan fingerprint density at radius 3 is 3.05 bits per heavy atom. The van der Waals surface area contributed by atoms with Crippen molar-refractivity contribution in [2.75, 3.05) is 13.1 Å². The maximum absolute atomic E-state index is 13.8. The lowest BCUT2D eigenvalue weighted by Crippen LogP contribution is -2.45. The van der Waals surface area contributed by atoms with Gasteiger partial charge in [0, 0.05) is 42.3 Å². The van der Waals surface area contributed by atoms with E-state index in [9.17, 15) is 4.39 Å². The van der Waals surface area contributed by atoms with Gasteiger partial charge in [-0.15, -0.1) is 11.3 Å². The van der Waals surface area contributed by atoms with E-state index in [2.05, 4.69) is 15.2 Å². The molecular formula is C17H22FN3S. The van der Waals surface area contributed by atoms with Gasteiger partial charge in [-0.1, -0.05) is 18.2 Å². The molecule has 1 unspecified atom stereocenters. The molecule has 118 valence electrons. The van der Waals surface area contributed by atoms with E-state index in [1.165, 1.54) is 11.3 Å². The summed E-state index contributed by atoms with van der Waals surface area (Å²) >= 11 is 1.74. The van der Waals surface area contributed by atoms with E-state index in [0.29, 0.717) is 12.6 Å². The van der Waals surface area contributed by atoms with Crippen molar-refractivity contribution in [3.8, 4) is 0 Å². The van der Waals surface area contributed by atoms with Crippen molar-refractivity contribution >= 4 is 11.3 Å². The van der Waals surface area contributed by atoms with E-state index in [-0.39, 0.29) is 5.82 Å². The highest BCUT2D eigenvalue weighted by Crippen LogP contribution is 2.17. The Hall–Kier alpha value is -1.30. The SMILES string of the molecule is Cc1ncc(CNC2CCCN(Cc3ccccc3F)C2)s1. The minimum atomic E-state index is -0.0993. The van der Waals surface area contributed by atoms with Gasteiger partial charge in [0.1, 0.15) is 5.82 Å². The van der Waals surface area contributed by atoms with Gasteiger partial charge in [0.2, 0.25) is 0 Å². The van der Waals surface area contributed by atoms with Gasteiger partial charge in [0.25, 0.3) is 0 Å². The van der Waals surface area contributed by atoms with Crippen molar-refractivity contribution in [1.29, 1.82) is 0 Å². The molecule has 3 rings (SSSR count). The lowest BCUT2D eigenvalue weighted by atomic mass is 10.0. The number of nitrogens with zero attached hydrogens (tertiary/aromatic N) is 2. The molecule has 0 radical (unpaired) electrons. The molecule has 1 aromatic carbocycles. The topological polar surface area (TPSA) is 28.2 Å². The highest BCUT2D eigenvalue weighted by molar-refractivity contribution is 7.11. The minimum absolute atomic E-state index is 0.0993. The molecule has 1 N–H and O–H groups in total. The molecule has 2 aromatic rings. The number of nitrogens with one attached hydrogen (secondary N) is 1. The highest BCUT2D eigenvalue weighted by atomic mass is 32.1. The molecule has 1 atom stereocenters. The van der Waals surface area contributed by atoms with E-state index in [1.807, 2.05) is 25.3 Å². The zero-order chi connectivity index (χ0) is 15.4. The second-order valence-corrected chi connectivity index (χ2v) is 7.21. The summed E-state index contributed by atoms with van der Waals surface area (Å²) in [7, 11) is 0. The molecule has 5 heteroatoms. The number of hydrogen-bond acceptors (Lipinski definition) is 4. The molecule has 1 aliphatic heterocycles. The van der Waals surface area contributed by atoms with Crippen LogP contribution in [0.4, 0.5) is 4.39 Å². The van der Waals surface area contributed by atoms with E-state index < -0.39 is 0 Å². The fraction of sp³-hybridized carbons (Fsp3) is 0.471. The Kier molecular flexibility index (Phi) is 5.18. The lowest BCUT2D eigenvalue weighted by Gasteiger charge is -2.33. The first-order valence-electron chi connectivity index (χ1n) is 7.81. The number of aromatic nitrogens is 1. The quantitative estimate of drug-likeness (QED) is 0.916. The first kappa shape index (κ1) is 15.6. The van der Waals surface area contributed by atoms with Gasteiger partial charge in [-0.25, -0.2) is 9.37 Å².